The monoisotopic (exact) mass is 364 g/mol. The fraction of sp³-hybridized carbons (Fsp3) is 0.0625. The van der Waals surface area contributed by atoms with E-state index in [9.17, 15) is 18.0 Å². The Bertz CT molecular complexity index is 923. The van der Waals surface area contributed by atoms with E-state index in [1.54, 1.807) is 48.5 Å². The van der Waals surface area contributed by atoms with Crippen LogP contribution in [0.4, 0.5) is 24.0 Å². The molecule has 0 unspecified atom stereocenters. The van der Waals surface area contributed by atoms with Gasteiger partial charge in [-0.05, 0) is 17.7 Å². The van der Waals surface area contributed by atoms with Crippen molar-refractivity contribution in [3.8, 4) is 11.1 Å². The summed E-state index contributed by atoms with van der Waals surface area (Å²) in [7, 11) is 0. The Morgan fingerprint density at radius 3 is 2.32 bits per heavy atom. The number of para-hydroxylation sites is 1. The predicted octanol–water partition coefficient (Wildman–Crippen LogP) is 4.07. The average molecular weight is 364 g/mol. The van der Waals surface area contributed by atoms with Crippen molar-refractivity contribution in [1.29, 1.82) is 0 Å². The maximum absolute atomic E-state index is 12.6. The number of halogens is 3. The summed E-state index contributed by atoms with van der Waals surface area (Å²) in [5.41, 5.74) is 7.38. The van der Waals surface area contributed by atoms with E-state index >= 15 is 0 Å². The first-order valence-electron chi connectivity index (χ1n) is 7.02. The minimum atomic E-state index is -4.60. The van der Waals surface area contributed by atoms with Crippen LogP contribution in [0.15, 0.2) is 48.5 Å². The van der Waals surface area contributed by atoms with Gasteiger partial charge in [0.05, 0.1) is 0 Å². The molecule has 0 aliphatic carbocycles. The van der Waals surface area contributed by atoms with E-state index in [0.717, 1.165) is 0 Å². The van der Waals surface area contributed by atoms with Crippen LogP contribution in [0.25, 0.3) is 11.1 Å². The Kier molecular flexibility index (Phi) is 4.41. The largest absolute Gasteiger partial charge is 0.452 e. The number of alkyl halides is 3. The van der Waals surface area contributed by atoms with Gasteiger partial charge in [0, 0.05) is 28.3 Å². The predicted molar refractivity (Wildman–Crippen MR) is 88.6 cm³/mol. The molecule has 25 heavy (non-hydrogen) atoms. The minimum absolute atomic E-state index is 0.00340. The van der Waals surface area contributed by atoms with Gasteiger partial charge in [-0.2, -0.15) is 22.5 Å². The number of primary amides is 1. The molecule has 0 aliphatic heterocycles. The summed E-state index contributed by atoms with van der Waals surface area (Å²) >= 11 is 0.602. The van der Waals surface area contributed by atoms with Gasteiger partial charge in [0.15, 0.2) is 0 Å². The van der Waals surface area contributed by atoms with E-state index in [-0.39, 0.29) is 5.13 Å². The third kappa shape index (κ3) is 3.61. The third-order valence-corrected chi connectivity index (χ3v) is 3.96. The summed E-state index contributed by atoms with van der Waals surface area (Å²) in [6.45, 7) is 0. The molecule has 0 atom stereocenters. The molecule has 3 rings (SSSR count). The molecule has 2 aromatic carbocycles. The van der Waals surface area contributed by atoms with Crippen molar-refractivity contribution in [3.05, 3.63) is 59.9 Å². The van der Waals surface area contributed by atoms with Crippen LogP contribution in [0.5, 0.6) is 0 Å². The number of amides is 1. The second-order valence-corrected chi connectivity index (χ2v) is 5.75. The van der Waals surface area contributed by atoms with Crippen molar-refractivity contribution in [2.75, 3.05) is 5.32 Å². The van der Waals surface area contributed by atoms with E-state index in [0.29, 0.717) is 33.9 Å². The molecular formula is C16H11F3N4OS. The molecule has 5 nitrogen and oxygen atoms in total. The molecule has 1 aromatic heterocycles. The molecule has 0 bridgehead atoms. The van der Waals surface area contributed by atoms with Crippen LogP contribution in [0.2, 0.25) is 0 Å². The van der Waals surface area contributed by atoms with Crippen molar-refractivity contribution in [1.82, 2.24) is 9.36 Å². The normalized spacial score (nSPS) is 11.3. The quantitative estimate of drug-likeness (QED) is 0.731. The molecular weight excluding hydrogens is 353 g/mol. The molecule has 0 aliphatic rings. The summed E-state index contributed by atoms with van der Waals surface area (Å²) in [5.74, 6) is -1.80. The summed E-state index contributed by atoms with van der Waals surface area (Å²) < 4.78 is 41.2. The van der Waals surface area contributed by atoms with Crippen LogP contribution in [0, 0.1) is 0 Å². The highest BCUT2D eigenvalue weighted by molar-refractivity contribution is 7.09. The van der Waals surface area contributed by atoms with Crippen molar-refractivity contribution in [3.63, 3.8) is 0 Å². The second-order valence-electron chi connectivity index (χ2n) is 5.00. The van der Waals surface area contributed by atoms with Crippen molar-refractivity contribution in [2.45, 2.75) is 6.18 Å². The highest BCUT2D eigenvalue weighted by Crippen LogP contribution is 2.34. The van der Waals surface area contributed by atoms with Gasteiger partial charge in [-0.1, -0.05) is 36.4 Å². The van der Waals surface area contributed by atoms with Gasteiger partial charge in [0.1, 0.15) is 0 Å². The minimum Gasteiger partial charge on any atom is -0.366 e. The van der Waals surface area contributed by atoms with Gasteiger partial charge < -0.3 is 11.1 Å². The van der Waals surface area contributed by atoms with Gasteiger partial charge in [-0.25, -0.2) is 0 Å². The Balaban J connectivity index is 2.00. The van der Waals surface area contributed by atoms with Gasteiger partial charge >= 0.3 is 6.18 Å². The average Bonchev–Trinajstić information content (AvgIpc) is 3.04. The highest BCUT2D eigenvalue weighted by atomic mass is 32.1. The van der Waals surface area contributed by atoms with Gasteiger partial charge in [0.2, 0.25) is 16.9 Å². The number of hydrogen-bond donors (Lipinski definition) is 2. The lowest BCUT2D eigenvalue weighted by molar-refractivity contribution is -0.144. The number of anilines is 2. The molecule has 0 saturated heterocycles. The second kappa shape index (κ2) is 6.52. The number of hydrogen-bond acceptors (Lipinski definition) is 5. The number of nitrogens with one attached hydrogen (secondary N) is 1. The highest BCUT2D eigenvalue weighted by Gasteiger charge is 2.36. The molecule has 0 saturated carbocycles. The van der Waals surface area contributed by atoms with Crippen LogP contribution >= 0.6 is 11.5 Å². The number of aromatic nitrogens is 2. The van der Waals surface area contributed by atoms with Crippen LogP contribution in [-0.4, -0.2) is 15.3 Å². The Labute approximate surface area is 144 Å². The lowest BCUT2D eigenvalue weighted by atomic mass is 9.98. The van der Waals surface area contributed by atoms with Crippen LogP contribution in [0.1, 0.15) is 16.2 Å². The molecule has 128 valence electrons. The smallest absolute Gasteiger partial charge is 0.366 e. The van der Waals surface area contributed by atoms with Crippen molar-refractivity contribution >= 4 is 28.3 Å². The number of benzene rings is 2. The number of carbonyl (C=O) groups is 1. The summed E-state index contributed by atoms with van der Waals surface area (Å²) in [5, 5.41) is 2.82. The lowest BCUT2D eigenvalue weighted by Gasteiger charge is -2.12. The van der Waals surface area contributed by atoms with Crippen LogP contribution in [-0.2, 0) is 6.18 Å². The zero-order valence-corrected chi connectivity index (χ0v) is 13.4. The maximum atomic E-state index is 12.6. The molecule has 3 N–H and O–H groups in total. The van der Waals surface area contributed by atoms with Gasteiger partial charge in [0.25, 0.3) is 0 Å². The van der Waals surface area contributed by atoms with E-state index in [1.165, 1.54) is 0 Å². The number of rotatable bonds is 4. The van der Waals surface area contributed by atoms with Crippen molar-refractivity contribution in [2.24, 2.45) is 5.73 Å². The summed E-state index contributed by atoms with van der Waals surface area (Å²) in [6, 6.07) is 13.6. The Hall–Kier alpha value is -2.94. The first kappa shape index (κ1) is 16.9. The molecule has 3 aromatic rings. The summed E-state index contributed by atoms with van der Waals surface area (Å²) in [6.07, 6.45) is -4.60. The molecule has 0 radical (unpaired) electrons. The van der Waals surface area contributed by atoms with Crippen molar-refractivity contribution < 1.29 is 18.0 Å². The maximum Gasteiger partial charge on any atom is 0.452 e. The molecule has 0 fully saturated rings. The lowest BCUT2D eigenvalue weighted by Crippen LogP contribution is -2.12. The Morgan fingerprint density at radius 2 is 1.68 bits per heavy atom. The molecule has 0 spiro atoms. The first-order chi connectivity index (χ1) is 11.9. The van der Waals surface area contributed by atoms with E-state index in [4.69, 9.17) is 5.73 Å². The molecule has 1 amide bonds. The zero-order valence-electron chi connectivity index (χ0n) is 12.5. The fourth-order valence-electron chi connectivity index (χ4n) is 2.26. The number of carbonyl (C=O) groups excluding carboxylic acids is 1. The SMILES string of the molecule is NC(=O)c1ccccc1-c1ccccc1Nc1nc(C(F)(F)F)ns1. The standard InChI is InChI=1S/C16H11F3N4OS/c17-16(18,19)14-22-15(25-23-14)21-12-8-4-3-6-10(12)9-5-1-2-7-11(9)13(20)24/h1-8H,(H2,20,24)(H,21,22,23). The van der Waals surface area contributed by atoms with E-state index < -0.39 is 17.9 Å². The van der Waals surface area contributed by atoms with Gasteiger partial charge in [-0.3, -0.25) is 4.79 Å². The van der Waals surface area contributed by atoms with Crippen LogP contribution < -0.4 is 11.1 Å². The zero-order chi connectivity index (χ0) is 18.0. The van der Waals surface area contributed by atoms with E-state index in [1.807, 2.05) is 0 Å². The number of nitrogens with zero attached hydrogens (tertiary/aromatic N) is 2. The van der Waals surface area contributed by atoms with Crippen LogP contribution in [0.3, 0.4) is 0 Å². The van der Waals surface area contributed by atoms with Gasteiger partial charge in [-0.15, -0.1) is 0 Å². The molecule has 9 heteroatoms. The Morgan fingerprint density at radius 1 is 1.04 bits per heavy atom. The third-order valence-electron chi connectivity index (χ3n) is 3.33. The fourth-order valence-corrected chi connectivity index (χ4v) is 2.86. The first-order valence-corrected chi connectivity index (χ1v) is 7.80. The molecule has 1 heterocycles. The van der Waals surface area contributed by atoms with E-state index in [2.05, 4.69) is 14.7 Å². The number of nitrogens with two attached hydrogens (primary N) is 1. The topological polar surface area (TPSA) is 80.9 Å². The summed E-state index contributed by atoms with van der Waals surface area (Å²) in [4.78, 5) is 15.1.